The van der Waals surface area contributed by atoms with E-state index in [9.17, 15) is 4.79 Å². The number of nitriles is 1. The normalized spacial score (nSPS) is 14.4. The van der Waals surface area contributed by atoms with Gasteiger partial charge in [-0.15, -0.1) is 0 Å². The molecule has 30 heavy (non-hydrogen) atoms. The smallest absolute Gasteiger partial charge is 0.238 e. The second-order valence-electron chi connectivity index (χ2n) is 7.10. The number of amides is 1. The van der Waals surface area contributed by atoms with Crippen LogP contribution in [0.15, 0.2) is 64.4 Å². The van der Waals surface area contributed by atoms with Crippen LogP contribution in [0.4, 0.5) is 5.69 Å². The molecular weight excluding hydrogens is 396 g/mol. The standard InChI is InChI=1S/C23H28N4O2S/c24-11-6-12-27(14-13-26-15-17-29-18-16-26)19-23(28)25-21-9-4-5-10-22(21)30-20-7-2-1-3-8-20/h1-5,7-10H,6,12-19H2,(H,25,28). The summed E-state index contributed by atoms with van der Waals surface area (Å²) in [5.74, 6) is -0.0592. The van der Waals surface area contributed by atoms with Crippen molar-refractivity contribution in [2.75, 3.05) is 57.8 Å². The molecule has 0 bridgehead atoms. The Labute approximate surface area is 182 Å². The average Bonchev–Trinajstić information content (AvgIpc) is 2.78. The molecule has 0 aliphatic carbocycles. The van der Waals surface area contributed by atoms with Crippen LogP contribution in [0.5, 0.6) is 0 Å². The number of para-hydroxylation sites is 1. The van der Waals surface area contributed by atoms with Crippen LogP contribution in [0.2, 0.25) is 0 Å². The maximum atomic E-state index is 12.8. The molecule has 2 aromatic rings. The number of rotatable bonds is 10. The van der Waals surface area contributed by atoms with E-state index in [1.54, 1.807) is 11.8 Å². The highest BCUT2D eigenvalue weighted by Crippen LogP contribution is 2.33. The van der Waals surface area contributed by atoms with Crippen LogP contribution in [0.3, 0.4) is 0 Å². The van der Waals surface area contributed by atoms with E-state index in [1.807, 2.05) is 42.5 Å². The average molecular weight is 425 g/mol. The largest absolute Gasteiger partial charge is 0.379 e. The first-order chi connectivity index (χ1) is 14.7. The lowest BCUT2D eigenvalue weighted by atomic mass is 10.3. The molecule has 0 saturated carbocycles. The van der Waals surface area contributed by atoms with E-state index in [-0.39, 0.29) is 12.5 Å². The van der Waals surface area contributed by atoms with Gasteiger partial charge < -0.3 is 10.1 Å². The first-order valence-electron chi connectivity index (χ1n) is 10.3. The molecule has 1 heterocycles. The molecule has 1 saturated heterocycles. The van der Waals surface area contributed by atoms with Crippen molar-refractivity contribution >= 4 is 23.4 Å². The zero-order valence-electron chi connectivity index (χ0n) is 17.1. The lowest BCUT2D eigenvalue weighted by Gasteiger charge is -2.29. The van der Waals surface area contributed by atoms with Crippen molar-refractivity contribution in [3.8, 4) is 6.07 Å². The Kier molecular flexibility index (Phi) is 9.19. The van der Waals surface area contributed by atoms with Gasteiger partial charge in [0.2, 0.25) is 5.91 Å². The van der Waals surface area contributed by atoms with Gasteiger partial charge in [-0.1, -0.05) is 42.1 Å². The zero-order valence-corrected chi connectivity index (χ0v) is 17.9. The minimum absolute atomic E-state index is 0.0592. The lowest BCUT2D eigenvalue weighted by Crippen LogP contribution is -2.43. The summed E-state index contributed by atoms with van der Waals surface area (Å²) < 4.78 is 5.39. The van der Waals surface area contributed by atoms with Gasteiger partial charge in [0.05, 0.1) is 31.5 Å². The number of morpholine rings is 1. The molecule has 0 radical (unpaired) electrons. The highest BCUT2D eigenvalue weighted by molar-refractivity contribution is 7.99. The zero-order chi connectivity index (χ0) is 21.0. The van der Waals surface area contributed by atoms with Crippen molar-refractivity contribution in [2.45, 2.75) is 16.2 Å². The summed E-state index contributed by atoms with van der Waals surface area (Å²) in [6.07, 6.45) is 0.414. The molecule has 1 amide bonds. The number of anilines is 1. The van der Waals surface area contributed by atoms with Gasteiger partial charge in [-0.05, 0) is 24.3 Å². The first kappa shape index (κ1) is 22.3. The number of benzene rings is 2. The Morgan fingerprint density at radius 1 is 1.10 bits per heavy atom. The van der Waals surface area contributed by atoms with Gasteiger partial charge in [0.25, 0.3) is 0 Å². The Morgan fingerprint density at radius 2 is 1.83 bits per heavy atom. The van der Waals surface area contributed by atoms with Crippen molar-refractivity contribution in [3.05, 3.63) is 54.6 Å². The highest BCUT2D eigenvalue weighted by Gasteiger charge is 2.16. The molecule has 1 aliphatic heterocycles. The summed E-state index contributed by atoms with van der Waals surface area (Å²) in [5, 5.41) is 12.0. The Hall–Kier alpha value is -2.37. The van der Waals surface area contributed by atoms with Crippen LogP contribution in [-0.4, -0.2) is 68.2 Å². The van der Waals surface area contributed by atoms with Crippen LogP contribution in [0.1, 0.15) is 6.42 Å². The van der Waals surface area contributed by atoms with Crippen LogP contribution in [-0.2, 0) is 9.53 Å². The summed E-state index contributed by atoms with van der Waals surface area (Å²) >= 11 is 1.63. The number of nitrogens with one attached hydrogen (secondary N) is 1. The molecule has 1 N–H and O–H groups in total. The number of carbonyl (C=O) groups excluding carboxylic acids is 1. The fourth-order valence-electron chi connectivity index (χ4n) is 3.25. The molecule has 1 aliphatic rings. The number of hydrogen-bond acceptors (Lipinski definition) is 6. The van der Waals surface area contributed by atoms with Crippen molar-refractivity contribution in [3.63, 3.8) is 0 Å². The van der Waals surface area contributed by atoms with E-state index in [4.69, 9.17) is 10.00 Å². The Balaban J connectivity index is 1.57. The molecule has 0 unspecified atom stereocenters. The monoisotopic (exact) mass is 424 g/mol. The van der Waals surface area contributed by atoms with E-state index in [0.29, 0.717) is 13.0 Å². The number of hydrogen-bond donors (Lipinski definition) is 1. The topological polar surface area (TPSA) is 68.6 Å². The summed E-state index contributed by atoms with van der Waals surface area (Å²) in [5.41, 5.74) is 0.810. The molecule has 1 fully saturated rings. The predicted molar refractivity (Wildman–Crippen MR) is 120 cm³/mol. The second kappa shape index (κ2) is 12.4. The maximum Gasteiger partial charge on any atom is 0.238 e. The van der Waals surface area contributed by atoms with E-state index >= 15 is 0 Å². The summed E-state index contributed by atoms with van der Waals surface area (Å²) in [4.78, 5) is 19.3. The van der Waals surface area contributed by atoms with Gasteiger partial charge in [-0.25, -0.2) is 0 Å². The SMILES string of the molecule is N#CCCN(CCN1CCOCC1)CC(=O)Nc1ccccc1Sc1ccccc1. The molecule has 6 nitrogen and oxygen atoms in total. The lowest BCUT2D eigenvalue weighted by molar-refractivity contribution is -0.117. The van der Waals surface area contributed by atoms with Crippen molar-refractivity contribution in [1.82, 2.24) is 9.80 Å². The van der Waals surface area contributed by atoms with Gasteiger partial charge in [-0.2, -0.15) is 5.26 Å². The Morgan fingerprint density at radius 3 is 2.60 bits per heavy atom. The predicted octanol–water partition coefficient (Wildman–Crippen LogP) is 3.32. The van der Waals surface area contributed by atoms with E-state index < -0.39 is 0 Å². The molecule has 3 rings (SSSR count). The molecule has 0 aromatic heterocycles. The Bertz CT molecular complexity index is 835. The van der Waals surface area contributed by atoms with E-state index in [2.05, 4.69) is 33.3 Å². The second-order valence-corrected chi connectivity index (χ2v) is 8.21. The highest BCUT2D eigenvalue weighted by atomic mass is 32.2. The maximum absolute atomic E-state index is 12.8. The van der Waals surface area contributed by atoms with E-state index in [0.717, 1.165) is 54.9 Å². The van der Waals surface area contributed by atoms with Gasteiger partial charge >= 0.3 is 0 Å². The van der Waals surface area contributed by atoms with Crippen molar-refractivity contribution in [1.29, 1.82) is 5.26 Å². The summed E-state index contributed by atoms with van der Waals surface area (Å²) in [6, 6.07) is 20.1. The van der Waals surface area contributed by atoms with Gasteiger partial charge in [0.15, 0.2) is 0 Å². The molecule has 0 atom stereocenters. The van der Waals surface area contributed by atoms with Crippen LogP contribution < -0.4 is 5.32 Å². The van der Waals surface area contributed by atoms with E-state index in [1.165, 1.54) is 0 Å². The molecule has 0 spiro atoms. The van der Waals surface area contributed by atoms with Gasteiger partial charge in [0, 0.05) is 48.9 Å². The van der Waals surface area contributed by atoms with Crippen molar-refractivity contribution in [2.24, 2.45) is 0 Å². The third-order valence-electron chi connectivity index (χ3n) is 4.88. The number of carbonyl (C=O) groups is 1. The molecule has 2 aromatic carbocycles. The fourth-order valence-corrected chi connectivity index (χ4v) is 4.18. The fraction of sp³-hybridized carbons (Fsp3) is 0.391. The summed E-state index contributed by atoms with van der Waals surface area (Å²) in [6.45, 7) is 5.86. The molecule has 7 heteroatoms. The van der Waals surface area contributed by atoms with Crippen LogP contribution in [0.25, 0.3) is 0 Å². The van der Waals surface area contributed by atoms with Gasteiger partial charge in [-0.3, -0.25) is 14.6 Å². The van der Waals surface area contributed by atoms with Gasteiger partial charge in [0.1, 0.15) is 0 Å². The first-order valence-corrected chi connectivity index (χ1v) is 11.1. The third kappa shape index (κ3) is 7.47. The minimum Gasteiger partial charge on any atom is -0.379 e. The van der Waals surface area contributed by atoms with Crippen LogP contribution in [0, 0.1) is 11.3 Å². The molecule has 158 valence electrons. The minimum atomic E-state index is -0.0592. The third-order valence-corrected chi connectivity index (χ3v) is 5.96. The van der Waals surface area contributed by atoms with Crippen LogP contribution >= 0.6 is 11.8 Å². The van der Waals surface area contributed by atoms with Crippen molar-refractivity contribution < 1.29 is 9.53 Å². The quantitative estimate of drug-likeness (QED) is 0.631. The molecular formula is C23H28N4O2S. The number of ether oxygens (including phenoxy) is 1. The number of nitrogens with zero attached hydrogens (tertiary/aromatic N) is 3. The summed E-state index contributed by atoms with van der Waals surface area (Å²) in [7, 11) is 0.